The molecule has 160 valence electrons. The van der Waals surface area contributed by atoms with E-state index in [2.05, 4.69) is 10.3 Å². The van der Waals surface area contributed by atoms with Gasteiger partial charge in [0.1, 0.15) is 5.75 Å². The molecule has 0 saturated carbocycles. The maximum Gasteiger partial charge on any atom is 0.416 e. The Balaban J connectivity index is 1.72. The first-order chi connectivity index (χ1) is 14.3. The molecular formula is C21H22F3N3O3. The van der Waals surface area contributed by atoms with Gasteiger partial charge in [-0.25, -0.2) is 0 Å². The summed E-state index contributed by atoms with van der Waals surface area (Å²) in [5, 5.41) is 2.52. The van der Waals surface area contributed by atoms with Crippen LogP contribution in [0.3, 0.4) is 0 Å². The predicted molar refractivity (Wildman–Crippen MR) is 104 cm³/mol. The Morgan fingerprint density at radius 2 is 2.10 bits per heavy atom. The number of benzene rings is 1. The number of nitrogens with one attached hydrogen (secondary N) is 1. The van der Waals surface area contributed by atoms with Gasteiger partial charge < -0.3 is 15.0 Å². The number of amides is 2. The Bertz CT molecular complexity index is 903. The molecular weight excluding hydrogens is 399 g/mol. The number of pyridine rings is 1. The van der Waals surface area contributed by atoms with Gasteiger partial charge in [0.2, 0.25) is 11.8 Å². The van der Waals surface area contributed by atoms with Gasteiger partial charge in [0.05, 0.1) is 36.0 Å². The molecule has 0 unspecified atom stereocenters. The van der Waals surface area contributed by atoms with Crippen molar-refractivity contribution in [2.75, 3.05) is 18.5 Å². The lowest BCUT2D eigenvalue weighted by atomic mass is 10.1. The molecule has 1 aliphatic rings. The zero-order valence-corrected chi connectivity index (χ0v) is 16.4. The van der Waals surface area contributed by atoms with Crippen LogP contribution in [0.1, 0.15) is 31.0 Å². The molecule has 3 rings (SSSR count). The van der Waals surface area contributed by atoms with Gasteiger partial charge in [0, 0.05) is 19.2 Å². The van der Waals surface area contributed by atoms with Gasteiger partial charge >= 0.3 is 6.18 Å². The van der Waals surface area contributed by atoms with Crippen molar-refractivity contribution in [1.82, 2.24) is 9.88 Å². The average Bonchev–Trinajstić information content (AvgIpc) is 3.07. The minimum atomic E-state index is -4.55. The van der Waals surface area contributed by atoms with E-state index < -0.39 is 23.6 Å². The predicted octanol–water partition coefficient (Wildman–Crippen LogP) is 3.88. The first-order valence-electron chi connectivity index (χ1n) is 9.60. The minimum Gasteiger partial charge on any atom is -0.491 e. The van der Waals surface area contributed by atoms with Gasteiger partial charge in [-0.3, -0.25) is 14.6 Å². The smallest absolute Gasteiger partial charge is 0.416 e. The van der Waals surface area contributed by atoms with E-state index in [1.54, 1.807) is 24.4 Å². The highest BCUT2D eigenvalue weighted by Crippen LogP contribution is 2.35. The molecule has 1 fully saturated rings. The maximum absolute atomic E-state index is 13.1. The van der Waals surface area contributed by atoms with Crippen LogP contribution in [0.25, 0.3) is 0 Å². The van der Waals surface area contributed by atoms with Crippen LogP contribution in [-0.4, -0.2) is 34.8 Å². The number of ether oxygens (including phenoxy) is 1. The van der Waals surface area contributed by atoms with Crippen molar-refractivity contribution in [3.05, 3.63) is 53.9 Å². The van der Waals surface area contributed by atoms with Gasteiger partial charge in [-0.2, -0.15) is 13.2 Å². The van der Waals surface area contributed by atoms with Crippen LogP contribution in [-0.2, 0) is 22.3 Å². The van der Waals surface area contributed by atoms with Crippen LogP contribution in [0.15, 0.2) is 42.6 Å². The van der Waals surface area contributed by atoms with E-state index in [0.717, 1.165) is 12.1 Å². The fourth-order valence-electron chi connectivity index (χ4n) is 3.16. The Kier molecular flexibility index (Phi) is 6.59. The number of aromatic nitrogens is 1. The first kappa shape index (κ1) is 21.6. The molecule has 1 N–H and O–H groups in total. The molecule has 0 spiro atoms. The number of nitrogens with zero attached hydrogens (tertiary/aromatic N) is 2. The number of anilines is 1. The molecule has 2 heterocycles. The van der Waals surface area contributed by atoms with Gasteiger partial charge in [0.25, 0.3) is 0 Å². The van der Waals surface area contributed by atoms with E-state index in [9.17, 15) is 22.8 Å². The average molecular weight is 421 g/mol. The third-order valence-electron chi connectivity index (χ3n) is 4.69. The fraction of sp³-hybridized carbons (Fsp3) is 0.381. The zero-order valence-electron chi connectivity index (χ0n) is 16.4. The molecule has 0 bridgehead atoms. The summed E-state index contributed by atoms with van der Waals surface area (Å²) in [4.78, 5) is 30.7. The largest absolute Gasteiger partial charge is 0.491 e. The number of halogens is 3. The molecule has 9 heteroatoms. The summed E-state index contributed by atoms with van der Waals surface area (Å²) in [6, 6.07) is 8.30. The van der Waals surface area contributed by atoms with E-state index in [0.29, 0.717) is 18.7 Å². The summed E-state index contributed by atoms with van der Waals surface area (Å²) in [6.07, 6.45) is -2.28. The molecule has 0 radical (unpaired) electrons. The number of rotatable bonds is 7. The second-order valence-corrected chi connectivity index (χ2v) is 7.04. The van der Waals surface area contributed by atoms with Gasteiger partial charge in [-0.1, -0.05) is 13.0 Å². The molecule has 1 aromatic heterocycles. The summed E-state index contributed by atoms with van der Waals surface area (Å²) >= 11 is 0. The van der Waals surface area contributed by atoms with Crippen molar-refractivity contribution >= 4 is 17.5 Å². The van der Waals surface area contributed by atoms with Gasteiger partial charge in [0.15, 0.2) is 0 Å². The Hall–Kier alpha value is -3.10. The monoisotopic (exact) mass is 421 g/mol. The molecule has 0 aliphatic carbocycles. The summed E-state index contributed by atoms with van der Waals surface area (Å²) in [7, 11) is 0. The van der Waals surface area contributed by atoms with Crippen molar-refractivity contribution in [3.63, 3.8) is 0 Å². The van der Waals surface area contributed by atoms with Crippen LogP contribution in [0.2, 0.25) is 0 Å². The second kappa shape index (κ2) is 9.15. The van der Waals surface area contributed by atoms with Gasteiger partial charge in [-0.05, 0) is 36.8 Å². The summed E-state index contributed by atoms with van der Waals surface area (Å²) in [6.45, 7) is 2.61. The molecule has 1 saturated heterocycles. The highest BCUT2D eigenvalue weighted by molar-refractivity contribution is 5.98. The molecule has 6 nitrogen and oxygen atoms in total. The molecule has 1 atom stereocenters. The van der Waals surface area contributed by atoms with E-state index in [1.165, 1.54) is 11.0 Å². The highest BCUT2D eigenvalue weighted by Gasteiger charge is 2.35. The number of alkyl halides is 3. The zero-order chi connectivity index (χ0) is 21.7. The quantitative estimate of drug-likeness (QED) is 0.737. The van der Waals surface area contributed by atoms with Crippen LogP contribution in [0.5, 0.6) is 5.75 Å². The summed E-state index contributed by atoms with van der Waals surface area (Å²) in [5.41, 5.74) is -0.250. The molecule has 1 aliphatic heterocycles. The van der Waals surface area contributed by atoms with E-state index in [4.69, 9.17) is 4.74 Å². The summed E-state index contributed by atoms with van der Waals surface area (Å²) in [5.74, 6) is -1.23. The third kappa shape index (κ3) is 5.28. The van der Waals surface area contributed by atoms with Crippen LogP contribution in [0.4, 0.5) is 18.9 Å². The lowest BCUT2D eigenvalue weighted by Gasteiger charge is -2.18. The van der Waals surface area contributed by atoms with Crippen molar-refractivity contribution in [1.29, 1.82) is 0 Å². The van der Waals surface area contributed by atoms with Crippen molar-refractivity contribution in [2.24, 2.45) is 5.92 Å². The lowest BCUT2D eigenvalue weighted by molar-refractivity contribution is -0.137. The number of carbonyl (C=O) groups excluding carboxylic acids is 2. The number of likely N-dealkylation sites (tertiary alicyclic amines) is 1. The fourth-order valence-corrected chi connectivity index (χ4v) is 3.16. The van der Waals surface area contributed by atoms with Crippen LogP contribution < -0.4 is 10.1 Å². The second-order valence-electron chi connectivity index (χ2n) is 7.04. The third-order valence-corrected chi connectivity index (χ3v) is 4.69. The van der Waals surface area contributed by atoms with E-state index in [1.807, 2.05) is 6.92 Å². The molecule has 1 aromatic carbocycles. The Morgan fingerprint density at radius 3 is 2.77 bits per heavy atom. The normalized spacial score (nSPS) is 16.6. The number of hydrogen-bond donors (Lipinski definition) is 1. The number of carbonyl (C=O) groups is 2. The van der Waals surface area contributed by atoms with Crippen LogP contribution >= 0.6 is 0 Å². The number of hydrogen-bond acceptors (Lipinski definition) is 4. The van der Waals surface area contributed by atoms with E-state index in [-0.39, 0.29) is 36.9 Å². The lowest BCUT2D eigenvalue weighted by Crippen LogP contribution is -2.28. The minimum absolute atomic E-state index is 0.0111. The SMILES string of the molecule is CCCOc1ccc(C(F)(F)F)cc1NC(=O)[C@@H]1CC(=O)N(Cc2ccccn2)C1. The molecule has 30 heavy (non-hydrogen) atoms. The highest BCUT2D eigenvalue weighted by atomic mass is 19.4. The Morgan fingerprint density at radius 1 is 1.30 bits per heavy atom. The standard InChI is InChI=1S/C21H22F3N3O3/c1-2-9-30-18-7-6-15(21(22,23)24)11-17(18)26-20(29)14-10-19(28)27(12-14)13-16-5-3-4-8-25-16/h3-8,11,14H,2,9-10,12-13H2,1H3,(H,26,29)/t14-/m1/s1. The van der Waals surface area contributed by atoms with Gasteiger partial charge in [-0.15, -0.1) is 0 Å². The maximum atomic E-state index is 13.1. The topological polar surface area (TPSA) is 71.5 Å². The van der Waals surface area contributed by atoms with E-state index >= 15 is 0 Å². The molecule has 2 amide bonds. The van der Waals surface area contributed by atoms with Crippen molar-refractivity contribution in [2.45, 2.75) is 32.5 Å². The Labute approximate surface area is 172 Å². The van der Waals surface area contributed by atoms with Crippen molar-refractivity contribution in [3.8, 4) is 5.75 Å². The van der Waals surface area contributed by atoms with Crippen LogP contribution in [0, 0.1) is 5.92 Å². The first-order valence-corrected chi connectivity index (χ1v) is 9.60. The van der Waals surface area contributed by atoms with Crippen molar-refractivity contribution < 1.29 is 27.5 Å². The molecule has 2 aromatic rings. The summed E-state index contributed by atoms with van der Waals surface area (Å²) < 4.78 is 44.7.